The molecule has 9 heteroatoms. The van der Waals surface area contributed by atoms with Crippen LogP contribution in [0.15, 0.2) is 60.9 Å². The Morgan fingerprint density at radius 2 is 1.59 bits per heavy atom. The highest BCUT2D eigenvalue weighted by atomic mass is 19.1. The summed E-state index contributed by atoms with van der Waals surface area (Å²) in [5, 5.41) is 0. The fraction of sp³-hybridized carbons (Fsp3) is 0.214. The molecule has 4 amide bonds. The molecule has 3 heterocycles. The molecule has 186 valence electrons. The number of fused-ring (bicyclic) bond motifs is 1. The summed E-state index contributed by atoms with van der Waals surface area (Å²) >= 11 is 0. The lowest BCUT2D eigenvalue weighted by atomic mass is 9.88. The molecule has 3 aromatic rings. The molecule has 1 aromatic heterocycles. The largest absolute Gasteiger partial charge is 0.332 e. The monoisotopic (exact) mass is 500 g/mol. The number of urea groups is 1. The molecule has 2 aliphatic heterocycles. The molecule has 2 saturated heterocycles. The van der Waals surface area contributed by atoms with Crippen LogP contribution in [0, 0.1) is 30.4 Å². The van der Waals surface area contributed by atoms with Gasteiger partial charge in [0.2, 0.25) is 5.91 Å². The number of rotatable bonds is 2. The van der Waals surface area contributed by atoms with Crippen molar-refractivity contribution in [3.63, 3.8) is 0 Å². The zero-order valence-electron chi connectivity index (χ0n) is 20.2. The molecular weight excluding hydrogens is 478 g/mol. The van der Waals surface area contributed by atoms with Gasteiger partial charge in [0.25, 0.3) is 5.91 Å². The van der Waals surface area contributed by atoms with Crippen LogP contribution in [0.25, 0.3) is 0 Å². The second kappa shape index (κ2) is 9.13. The highest BCUT2D eigenvalue weighted by Gasteiger charge is 2.56. The van der Waals surface area contributed by atoms with Crippen LogP contribution in [0.3, 0.4) is 0 Å². The first-order valence-electron chi connectivity index (χ1n) is 11.6. The van der Waals surface area contributed by atoms with Gasteiger partial charge in [0.1, 0.15) is 11.2 Å². The minimum absolute atomic E-state index is 0.0555. The van der Waals surface area contributed by atoms with Crippen LogP contribution in [0.1, 0.15) is 30.0 Å². The smallest absolute Gasteiger partial charge is 0.307 e. The number of pyridine rings is 1. The lowest BCUT2D eigenvalue weighted by Gasteiger charge is -2.51. The molecule has 7 nitrogen and oxygen atoms in total. The van der Waals surface area contributed by atoms with E-state index in [0.717, 1.165) is 17.7 Å². The minimum Gasteiger partial charge on any atom is -0.307 e. The van der Waals surface area contributed by atoms with Crippen molar-refractivity contribution < 1.29 is 23.2 Å². The molecule has 0 N–H and O–H groups in total. The molecule has 0 spiro atoms. The van der Waals surface area contributed by atoms with Gasteiger partial charge in [-0.1, -0.05) is 30.0 Å². The number of aryl methyl sites for hydroxylation is 1. The van der Waals surface area contributed by atoms with E-state index in [9.17, 15) is 14.4 Å². The van der Waals surface area contributed by atoms with Crippen LogP contribution in [-0.2, 0) is 9.59 Å². The molecule has 37 heavy (non-hydrogen) atoms. The van der Waals surface area contributed by atoms with Gasteiger partial charge in [0.15, 0.2) is 11.6 Å². The average molecular weight is 501 g/mol. The van der Waals surface area contributed by atoms with Crippen molar-refractivity contribution in [3.8, 4) is 11.8 Å². The summed E-state index contributed by atoms with van der Waals surface area (Å²) in [6.07, 6.45) is 2.76. The maximum Gasteiger partial charge on any atom is 0.332 e. The van der Waals surface area contributed by atoms with Crippen molar-refractivity contribution in [1.29, 1.82) is 0 Å². The molecule has 0 aliphatic carbocycles. The predicted octanol–water partition coefficient (Wildman–Crippen LogP) is 4.03. The first kappa shape index (κ1) is 24.1. The van der Waals surface area contributed by atoms with E-state index in [1.54, 1.807) is 36.5 Å². The number of aromatic nitrogens is 1. The first-order valence-corrected chi connectivity index (χ1v) is 11.6. The number of anilines is 2. The Bertz CT molecular complexity index is 1480. The molecule has 0 bridgehead atoms. The summed E-state index contributed by atoms with van der Waals surface area (Å²) in [6.45, 7) is 3.55. The van der Waals surface area contributed by atoms with Gasteiger partial charge in [-0.15, -0.1) is 0 Å². The number of piperazine rings is 1. The summed E-state index contributed by atoms with van der Waals surface area (Å²) in [5.41, 5.74) is -0.153. The third kappa shape index (κ3) is 4.20. The van der Waals surface area contributed by atoms with Crippen molar-refractivity contribution in [1.82, 2.24) is 9.88 Å². The summed E-state index contributed by atoms with van der Waals surface area (Å²) < 4.78 is 30.3. The van der Waals surface area contributed by atoms with Crippen molar-refractivity contribution >= 4 is 29.2 Å². The summed E-state index contributed by atoms with van der Waals surface area (Å²) in [6, 6.07) is 11.7. The van der Waals surface area contributed by atoms with E-state index < -0.39 is 47.1 Å². The Morgan fingerprint density at radius 3 is 2.27 bits per heavy atom. The molecule has 0 saturated carbocycles. The molecule has 0 radical (unpaired) electrons. The van der Waals surface area contributed by atoms with Crippen molar-refractivity contribution in [2.75, 3.05) is 22.9 Å². The number of benzene rings is 2. The van der Waals surface area contributed by atoms with Gasteiger partial charge < -0.3 is 9.80 Å². The van der Waals surface area contributed by atoms with Gasteiger partial charge in [-0.25, -0.2) is 18.5 Å². The van der Waals surface area contributed by atoms with Crippen LogP contribution in [0.2, 0.25) is 0 Å². The number of nitrogens with zero attached hydrogens (tertiary/aromatic N) is 4. The van der Waals surface area contributed by atoms with Crippen molar-refractivity contribution in [2.45, 2.75) is 25.8 Å². The third-order valence-electron chi connectivity index (χ3n) is 6.55. The minimum atomic E-state index is -1.50. The topological polar surface area (TPSA) is 73.8 Å². The SMILES string of the molecule is Cc1cncc(N2CCN3C(=O)N(c4c(F)cc(C#Cc5ccccc5)cc4F)C(=O)CC3(C)C2=O)c1. The second-order valence-electron chi connectivity index (χ2n) is 9.20. The summed E-state index contributed by atoms with van der Waals surface area (Å²) in [5.74, 6) is 1.98. The standard InChI is InChI=1S/C28H22F2N4O3/c1-18-12-21(17-31-16-18)32-10-11-33-27(37)34(24(35)15-28(33,2)26(32)36)25-22(29)13-20(14-23(25)30)9-8-19-6-4-3-5-7-19/h3-7,12-14,16-17H,10-11,15H2,1-2H3. The Morgan fingerprint density at radius 1 is 0.919 bits per heavy atom. The van der Waals surface area contributed by atoms with Gasteiger partial charge in [-0.3, -0.25) is 14.6 Å². The molecular formula is C28H22F2N4O3. The van der Waals surface area contributed by atoms with E-state index in [1.807, 2.05) is 13.0 Å². The predicted molar refractivity (Wildman–Crippen MR) is 133 cm³/mol. The summed E-state index contributed by atoms with van der Waals surface area (Å²) in [7, 11) is 0. The fourth-order valence-electron chi connectivity index (χ4n) is 4.70. The van der Waals surface area contributed by atoms with Crippen LogP contribution in [0.4, 0.5) is 25.0 Å². The normalized spacial score (nSPS) is 19.5. The van der Waals surface area contributed by atoms with E-state index in [0.29, 0.717) is 16.2 Å². The number of halogens is 2. The van der Waals surface area contributed by atoms with E-state index in [-0.39, 0.29) is 18.7 Å². The average Bonchev–Trinajstić information content (AvgIpc) is 2.86. The third-order valence-corrected chi connectivity index (χ3v) is 6.55. The van der Waals surface area contributed by atoms with Crippen LogP contribution in [0.5, 0.6) is 0 Å². The van der Waals surface area contributed by atoms with Crippen LogP contribution < -0.4 is 9.80 Å². The lowest BCUT2D eigenvalue weighted by Crippen LogP contribution is -2.73. The summed E-state index contributed by atoms with van der Waals surface area (Å²) in [4.78, 5) is 47.3. The number of hydrogen-bond donors (Lipinski definition) is 0. The second-order valence-corrected chi connectivity index (χ2v) is 9.20. The molecule has 1 atom stereocenters. The van der Waals surface area contributed by atoms with Gasteiger partial charge in [-0.05, 0) is 49.7 Å². The Balaban J connectivity index is 1.44. The van der Waals surface area contributed by atoms with Crippen molar-refractivity contribution in [2.24, 2.45) is 0 Å². The quantitative estimate of drug-likeness (QED) is 0.498. The van der Waals surface area contributed by atoms with E-state index in [4.69, 9.17) is 0 Å². The highest BCUT2D eigenvalue weighted by molar-refractivity contribution is 6.20. The molecule has 2 fully saturated rings. The lowest BCUT2D eigenvalue weighted by molar-refractivity contribution is -0.137. The maximum absolute atomic E-state index is 15.1. The maximum atomic E-state index is 15.1. The Kier molecular flexibility index (Phi) is 5.96. The number of carbonyl (C=O) groups excluding carboxylic acids is 3. The number of hydrogen-bond acceptors (Lipinski definition) is 4. The van der Waals surface area contributed by atoms with Crippen LogP contribution in [-0.4, -0.2) is 46.4 Å². The van der Waals surface area contributed by atoms with Gasteiger partial charge in [0, 0.05) is 30.4 Å². The van der Waals surface area contributed by atoms with E-state index in [1.165, 1.54) is 22.9 Å². The van der Waals surface area contributed by atoms with E-state index in [2.05, 4.69) is 16.8 Å². The van der Waals surface area contributed by atoms with Crippen molar-refractivity contribution in [3.05, 3.63) is 89.2 Å². The zero-order valence-corrected chi connectivity index (χ0v) is 20.2. The number of carbonyl (C=O) groups is 3. The first-order chi connectivity index (χ1) is 17.7. The molecule has 2 aliphatic rings. The number of amides is 4. The van der Waals surface area contributed by atoms with Gasteiger partial charge in [0.05, 0.1) is 18.3 Å². The van der Waals surface area contributed by atoms with Crippen LogP contribution >= 0.6 is 0 Å². The zero-order chi connectivity index (χ0) is 26.3. The Labute approximate surface area is 212 Å². The van der Waals surface area contributed by atoms with E-state index >= 15 is 8.78 Å². The Hall–Kier alpha value is -4.58. The highest BCUT2D eigenvalue weighted by Crippen LogP contribution is 2.38. The fourth-order valence-corrected chi connectivity index (χ4v) is 4.70. The molecule has 5 rings (SSSR count). The van der Waals surface area contributed by atoms with Gasteiger partial charge in [-0.2, -0.15) is 0 Å². The molecule has 1 unspecified atom stereocenters. The van der Waals surface area contributed by atoms with Gasteiger partial charge >= 0.3 is 6.03 Å². The number of imide groups is 1. The molecule has 2 aromatic carbocycles.